The van der Waals surface area contributed by atoms with Gasteiger partial charge in [0, 0.05) is 18.3 Å². The van der Waals surface area contributed by atoms with Gasteiger partial charge in [-0.25, -0.2) is 13.2 Å². The molecule has 0 bridgehead atoms. The van der Waals surface area contributed by atoms with Gasteiger partial charge in [-0.05, 0) is 12.0 Å². The van der Waals surface area contributed by atoms with Crippen LogP contribution in [0.4, 0.5) is 18.9 Å². The molecule has 0 unspecified atom stereocenters. The van der Waals surface area contributed by atoms with Gasteiger partial charge in [0.1, 0.15) is 11.5 Å². The van der Waals surface area contributed by atoms with Crippen molar-refractivity contribution in [1.82, 2.24) is 0 Å². The third kappa shape index (κ3) is 2.21. The molecule has 0 heterocycles. The SMILES string of the molecule is Fc1cc(F)c(N=CC2=CC=CC2)c(F)c1. The van der Waals surface area contributed by atoms with Gasteiger partial charge in [-0.15, -0.1) is 0 Å². The van der Waals surface area contributed by atoms with Crippen molar-refractivity contribution in [3.8, 4) is 0 Å². The zero-order valence-corrected chi connectivity index (χ0v) is 8.25. The number of benzene rings is 1. The van der Waals surface area contributed by atoms with Crippen LogP contribution in [0.15, 0.2) is 40.9 Å². The fraction of sp³-hybridized carbons (Fsp3) is 0.0833. The highest BCUT2D eigenvalue weighted by Crippen LogP contribution is 2.23. The first-order valence-electron chi connectivity index (χ1n) is 4.71. The summed E-state index contributed by atoms with van der Waals surface area (Å²) in [6, 6.07) is 1.22. The van der Waals surface area contributed by atoms with Gasteiger partial charge in [-0.3, -0.25) is 4.99 Å². The van der Waals surface area contributed by atoms with E-state index in [1.807, 2.05) is 12.2 Å². The van der Waals surface area contributed by atoms with Crippen molar-refractivity contribution in [2.24, 2.45) is 4.99 Å². The predicted molar refractivity (Wildman–Crippen MR) is 56.3 cm³/mol. The van der Waals surface area contributed by atoms with E-state index < -0.39 is 23.1 Å². The molecule has 0 atom stereocenters. The number of hydrogen-bond donors (Lipinski definition) is 0. The van der Waals surface area contributed by atoms with E-state index in [1.54, 1.807) is 6.08 Å². The molecule has 0 radical (unpaired) electrons. The third-order valence-corrected chi connectivity index (χ3v) is 2.14. The van der Waals surface area contributed by atoms with E-state index in [2.05, 4.69) is 4.99 Å². The van der Waals surface area contributed by atoms with Gasteiger partial charge in [0.05, 0.1) is 0 Å². The first-order valence-corrected chi connectivity index (χ1v) is 4.71. The fourth-order valence-electron chi connectivity index (χ4n) is 1.36. The monoisotopic (exact) mass is 223 g/mol. The fourth-order valence-corrected chi connectivity index (χ4v) is 1.36. The van der Waals surface area contributed by atoms with Crippen molar-refractivity contribution >= 4 is 11.9 Å². The standard InChI is InChI=1S/C12H8F3N/c13-9-5-10(14)12(11(15)6-9)16-7-8-3-1-2-4-8/h1-3,5-7H,4H2. The average molecular weight is 223 g/mol. The van der Waals surface area contributed by atoms with Crippen molar-refractivity contribution in [2.45, 2.75) is 6.42 Å². The molecule has 1 aromatic carbocycles. The zero-order valence-electron chi connectivity index (χ0n) is 8.25. The van der Waals surface area contributed by atoms with Crippen LogP contribution in [0.25, 0.3) is 0 Å². The molecule has 16 heavy (non-hydrogen) atoms. The summed E-state index contributed by atoms with van der Waals surface area (Å²) in [5.41, 5.74) is 0.386. The van der Waals surface area contributed by atoms with Gasteiger partial charge in [-0.1, -0.05) is 18.2 Å². The predicted octanol–water partition coefficient (Wildman–Crippen LogP) is 3.69. The molecule has 0 spiro atoms. The van der Waals surface area contributed by atoms with E-state index in [4.69, 9.17) is 0 Å². The molecular formula is C12H8F3N. The molecule has 1 aliphatic rings. The molecule has 0 saturated heterocycles. The minimum Gasteiger partial charge on any atom is -0.250 e. The van der Waals surface area contributed by atoms with Crippen LogP contribution >= 0.6 is 0 Å². The lowest BCUT2D eigenvalue weighted by Gasteiger charge is -1.99. The van der Waals surface area contributed by atoms with E-state index in [0.717, 1.165) is 5.57 Å². The van der Waals surface area contributed by atoms with E-state index in [9.17, 15) is 13.2 Å². The summed E-state index contributed by atoms with van der Waals surface area (Å²) < 4.78 is 38.9. The van der Waals surface area contributed by atoms with Crippen LogP contribution < -0.4 is 0 Å². The second-order valence-corrected chi connectivity index (χ2v) is 3.35. The lowest BCUT2D eigenvalue weighted by molar-refractivity contribution is 0.547. The average Bonchev–Trinajstić information content (AvgIpc) is 2.68. The Morgan fingerprint density at radius 2 is 1.81 bits per heavy atom. The highest BCUT2D eigenvalue weighted by Gasteiger charge is 2.09. The number of hydrogen-bond acceptors (Lipinski definition) is 1. The van der Waals surface area contributed by atoms with Crippen molar-refractivity contribution in [3.05, 3.63) is 53.4 Å². The van der Waals surface area contributed by atoms with E-state index in [0.29, 0.717) is 18.6 Å². The lowest BCUT2D eigenvalue weighted by atomic mass is 10.2. The summed E-state index contributed by atoms with van der Waals surface area (Å²) in [6.45, 7) is 0. The second kappa shape index (κ2) is 4.35. The first kappa shape index (κ1) is 10.7. The molecule has 0 aliphatic heterocycles. The van der Waals surface area contributed by atoms with Crippen LogP contribution in [0.1, 0.15) is 6.42 Å². The molecule has 4 heteroatoms. The van der Waals surface area contributed by atoms with Crippen molar-refractivity contribution < 1.29 is 13.2 Å². The minimum absolute atomic E-state index is 0.464. The maximum atomic E-state index is 13.2. The summed E-state index contributed by atoms with van der Waals surface area (Å²) in [6.07, 6.45) is 7.59. The van der Waals surface area contributed by atoms with Gasteiger partial charge >= 0.3 is 0 Å². The molecule has 1 aromatic rings. The van der Waals surface area contributed by atoms with Gasteiger partial charge < -0.3 is 0 Å². The van der Waals surface area contributed by atoms with E-state index in [-0.39, 0.29) is 0 Å². The van der Waals surface area contributed by atoms with E-state index in [1.165, 1.54) is 6.21 Å². The highest BCUT2D eigenvalue weighted by atomic mass is 19.1. The molecule has 0 aromatic heterocycles. The van der Waals surface area contributed by atoms with Crippen LogP contribution in [0.5, 0.6) is 0 Å². The molecule has 2 rings (SSSR count). The maximum Gasteiger partial charge on any atom is 0.154 e. The Balaban J connectivity index is 2.27. The molecule has 1 aliphatic carbocycles. The van der Waals surface area contributed by atoms with Gasteiger partial charge in [0.25, 0.3) is 0 Å². The second-order valence-electron chi connectivity index (χ2n) is 3.35. The number of halogens is 3. The molecule has 1 nitrogen and oxygen atoms in total. The van der Waals surface area contributed by atoms with E-state index >= 15 is 0 Å². The summed E-state index contributed by atoms with van der Waals surface area (Å²) in [5.74, 6) is -2.95. The van der Waals surface area contributed by atoms with Crippen LogP contribution in [0.2, 0.25) is 0 Å². The first-order chi connectivity index (χ1) is 7.66. The van der Waals surface area contributed by atoms with Crippen LogP contribution in [-0.4, -0.2) is 6.21 Å². The maximum absolute atomic E-state index is 13.2. The van der Waals surface area contributed by atoms with Crippen molar-refractivity contribution in [3.63, 3.8) is 0 Å². The number of nitrogens with zero attached hydrogens (tertiary/aromatic N) is 1. The topological polar surface area (TPSA) is 12.4 Å². The molecular weight excluding hydrogens is 215 g/mol. The Morgan fingerprint density at radius 3 is 2.38 bits per heavy atom. The number of aliphatic imine (C=N–C) groups is 1. The van der Waals surface area contributed by atoms with Gasteiger partial charge in [0.2, 0.25) is 0 Å². The Bertz CT molecular complexity index is 478. The molecule has 0 saturated carbocycles. The third-order valence-electron chi connectivity index (χ3n) is 2.14. The molecule has 0 N–H and O–H groups in total. The highest BCUT2D eigenvalue weighted by molar-refractivity contribution is 5.82. The summed E-state index contributed by atoms with van der Waals surface area (Å²) in [7, 11) is 0. The van der Waals surface area contributed by atoms with Gasteiger partial charge in [-0.2, -0.15) is 0 Å². The number of rotatable bonds is 2. The smallest absolute Gasteiger partial charge is 0.154 e. The van der Waals surface area contributed by atoms with Crippen molar-refractivity contribution in [2.75, 3.05) is 0 Å². The molecule has 82 valence electrons. The zero-order chi connectivity index (χ0) is 11.5. The quantitative estimate of drug-likeness (QED) is 0.678. The Labute approximate surface area is 90.6 Å². The Hall–Kier alpha value is -1.84. The van der Waals surface area contributed by atoms with Gasteiger partial charge in [0.15, 0.2) is 11.6 Å². The summed E-state index contributed by atoms with van der Waals surface area (Å²) in [4.78, 5) is 3.68. The molecule has 0 fully saturated rings. The summed E-state index contributed by atoms with van der Waals surface area (Å²) in [5, 5.41) is 0. The largest absolute Gasteiger partial charge is 0.250 e. The number of allylic oxidation sites excluding steroid dienone is 4. The van der Waals surface area contributed by atoms with Crippen molar-refractivity contribution in [1.29, 1.82) is 0 Å². The molecule has 0 amide bonds. The Kier molecular flexibility index (Phi) is 2.90. The normalized spacial score (nSPS) is 14.8. The van der Waals surface area contributed by atoms with Crippen LogP contribution in [0.3, 0.4) is 0 Å². The summed E-state index contributed by atoms with van der Waals surface area (Å²) >= 11 is 0. The van der Waals surface area contributed by atoms with Crippen LogP contribution in [0, 0.1) is 17.5 Å². The van der Waals surface area contributed by atoms with Crippen LogP contribution in [-0.2, 0) is 0 Å². The Morgan fingerprint density at radius 1 is 1.12 bits per heavy atom. The lowest BCUT2D eigenvalue weighted by Crippen LogP contribution is -1.87. The minimum atomic E-state index is -1.000.